The first-order valence-corrected chi connectivity index (χ1v) is 4.14. The predicted molar refractivity (Wildman–Crippen MR) is 54.3 cm³/mol. The number of carbonyl (C=O) groups excluding carboxylic acids is 1. The lowest BCUT2D eigenvalue weighted by atomic mass is 10.1. The maximum atomic E-state index is 10.8. The lowest BCUT2D eigenvalue weighted by Crippen LogP contribution is -2.03. The molecule has 2 N–H and O–H groups in total. The van der Waals surface area contributed by atoms with Crippen molar-refractivity contribution < 1.29 is 14.6 Å². The SMILES string of the molecule is Nc1c([N+](=O)[O-])cc(C(=O)Cl)cc1[N+](=O)[O-]. The predicted octanol–water partition coefficient (Wildman–Crippen LogP) is 1.46. The lowest BCUT2D eigenvalue weighted by molar-refractivity contribution is -0.392. The number of nitrogens with zero attached hydrogens (tertiary/aromatic N) is 2. The normalized spacial score (nSPS) is 9.81. The monoisotopic (exact) mass is 245 g/mol. The average Bonchev–Trinajstić information content (AvgIpc) is 2.16. The van der Waals surface area contributed by atoms with Gasteiger partial charge in [-0.05, 0) is 11.6 Å². The molecule has 0 aromatic heterocycles. The van der Waals surface area contributed by atoms with Crippen LogP contribution in [0.2, 0.25) is 0 Å². The van der Waals surface area contributed by atoms with Crippen LogP contribution in [0.5, 0.6) is 0 Å². The van der Waals surface area contributed by atoms with Gasteiger partial charge in [0.1, 0.15) is 0 Å². The quantitative estimate of drug-likeness (QED) is 0.371. The number of halogens is 1. The third-order valence-electron chi connectivity index (χ3n) is 1.76. The Morgan fingerprint density at radius 3 is 1.81 bits per heavy atom. The molecule has 0 aliphatic carbocycles. The summed E-state index contributed by atoms with van der Waals surface area (Å²) in [6.07, 6.45) is 0. The third kappa shape index (κ3) is 2.06. The Bertz CT molecular complexity index is 466. The maximum Gasteiger partial charge on any atom is 0.300 e. The number of nitro groups is 2. The van der Waals surface area contributed by atoms with Crippen LogP contribution in [0, 0.1) is 20.2 Å². The zero-order chi connectivity index (χ0) is 12.5. The molecule has 8 nitrogen and oxygen atoms in total. The number of hydrogen-bond donors (Lipinski definition) is 1. The van der Waals surface area contributed by atoms with E-state index in [0.29, 0.717) is 0 Å². The van der Waals surface area contributed by atoms with E-state index in [1.54, 1.807) is 0 Å². The van der Waals surface area contributed by atoms with Crippen molar-refractivity contribution in [1.29, 1.82) is 0 Å². The number of carbonyl (C=O) groups is 1. The van der Waals surface area contributed by atoms with Crippen molar-refractivity contribution in [2.45, 2.75) is 0 Å². The molecule has 84 valence electrons. The summed E-state index contributed by atoms with van der Waals surface area (Å²) >= 11 is 5.08. The lowest BCUT2D eigenvalue weighted by Gasteiger charge is -2.00. The van der Waals surface area contributed by atoms with Gasteiger partial charge in [0.15, 0.2) is 5.69 Å². The summed E-state index contributed by atoms with van der Waals surface area (Å²) in [5.41, 5.74) is 2.80. The maximum absolute atomic E-state index is 10.8. The van der Waals surface area contributed by atoms with E-state index in [1.807, 2.05) is 0 Å². The molecule has 0 aliphatic heterocycles. The van der Waals surface area contributed by atoms with Crippen molar-refractivity contribution in [3.8, 4) is 0 Å². The Labute approximate surface area is 92.9 Å². The molecule has 0 unspecified atom stereocenters. The number of nitro benzene ring substituents is 2. The van der Waals surface area contributed by atoms with Gasteiger partial charge in [-0.15, -0.1) is 0 Å². The van der Waals surface area contributed by atoms with Crippen molar-refractivity contribution in [3.63, 3.8) is 0 Å². The van der Waals surface area contributed by atoms with Crippen LogP contribution in [0.1, 0.15) is 10.4 Å². The second kappa shape index (κ2) is 4.11. The first-order chi connectivity index (χ1) is 7.34. The molecule has 0 bridgehead atoms. The van der Waals surface area contributed by atoms with Crippen molar-refractivity contribution >= 4 is 33.9 Å². The largest absolute Gasteiger partial charge is 0.388 e. The number of anilines is 1. The Balaban J connectivity index is 3.57. The van der Waals surface area contributed by atoms with Gasteiger partial charge in [-0.1, -0.05) is 0 Å². The van der Waals surface area contributed by atoms with Crippen LogP contribution in [-0.4, -0.2) is 15.1 Å². The van der Waals surface area contributed by atoms with Gasteiger partial charge < -0.3 is 5.73 Å². The second-order valence-corrected chi connectivity index (χ2v) is 3.06. The summed E-state index contributed by atoms with van der Waals surface area (Å²) in [4.78, 5) is 30.0. The molecule has 0 saturated heterocycles. The van der Waals surface area contributed by atoms with Crippen LogP contribution in [0.4, 0.5) is 17.1 Å². The second-order valence-electron chi connectivity index (χ2n) is 2.72. The molecule has 16 heavy (non-hydrogen) atoms. The van der Waals surface area contributed by atoms with E-state index in [1.165, 1.54) is 0 Å². The van der Waals surface area contributed by atoms with Gasteiger partial charge in [-0.25, -0.2) is 0 Å². The number of hydrogen-bond acceptors (Lipinski definition) is 6. The smallest absolute Gasteiger partial charge is 0.300 e. The van der Waals surface area contributed by atoms with Gasteiger partial charge in [-0.2, -0.15) is 0 Å². The molecule has 1 rings (SSSR count). The molecule has 0 fully saturated rings. The Morgan fingerprint density at radius 1 is 1.19 bits per heavy atom. The van der Waals surface area contributed by atoms with Crippen LogP contribution in [-0.2, 0) is 0 Å². The van der Waals surface area contributed by atoms with Gasteiger partial charge in [0, 0.05) is 17.7 Å². The highest BCUT2D eigenvalue weighted by Gasteiger charge is 2.25. The highest BCUT2D eigenvalue weighted by atomic mass is 35.5. The minimum atomic E-state index is -1.04. The van der Waals surface area contributed by atoms with Crippen LogP contribution < -0.4 is 5.73 Å². The fourth-order valence-electron chi connectivity index (χ4n) is 1.04. The van der Waals surface area contributed by atoms with E-state index in [0.717, 1.165) is 12.1 Å². The third-order valence-corrected chi connectivity index (χ3v) is 1.97. The number of rotatable bonds is 3. The minimum absolute atomic E-state index is 0.353. The number of benzene rings is 1. The molecule has 0 amide bonds. The molecule has 1 aromatic rings. The Morgan fingerprint density at radius 2 is 1.56 bits per heavy atom. The zero-order valence-corrected chi connectivity index (χ0v) is 8.30. The Hall–Kier alpha value is -2.22. The van der Waals surface area contributed by atoms with Crippen LogP contribution in [0.25, 0.3) is 0 Å². The topological polar surface area (TPSA) is 129 Å². The molecule has 0 aliphatic rings. The summed E-state index contributed by atoms with van der Waals surface area (Å²) < 4.78 is 0. The molecule has 0 radical (unpaired) electrons. The van der Waals surface area contributed by atoms with Gasteiger partial charge >= 0.3 is 0 Å². The van der Waals surface area contributed by atoms with E-state index in [4.69, 9.17) is 17.3 Å². The van der Waals surface area contributed by atoms with Gasteiger partial charge in [0.25, 0.3) is 16.6 Å². The average molecular weight is 246 g/mol. The first-order valence-electron chi connectivity index (χ1n) is 3.76. The van der Waals surface area contributed by atoms with Crippen molar-refractivity contribution in [2.24, 2.45) is 0 Å². The zero-order valence-electron chi connectivity index (χ0n) is 7.55. The van der Waals surface area contributed by atoms with E-state index in [-0.39, 0.29) is 5.56 Å². The molecule has 0 spiro atoms. The highest BCUT2D eigenvalue weighted by molar-refractivity contribution is 6.67. The van der Waals surface area contributed by atoms with E-state index >= 15 is 0 Å². The van der Waals surface area contributed by atoms with Gasteiger partial charge in [0.2, 0.25) is 0 Å². The molecular formula is C7H4ClN3O5. The number of nitrogens with two attached hydrogens (primary N) is 1. The summed E-state index contributed by atoms with van der Waals surface area (Å²) in [6.45, 7) is 0. The molecular weight excluding hydrogens is 242 g/mol. The molecule has 0 heterocycles. The summed E-state index contributed by atoms with van der Waals surface area (Å²) in [7, 11) is 0. The molecule has 9 heteroatoms. The summed E-state index contributed by atoms with van der Waals surface area (Å²) in [6, 6.07) is 1.58. The van der Waals surface area contributed by atoms with Crippen LogP contribution >= 0.6 is 11.6 Å². The molecule has 0 atom stereocenters. The minimum Gasteiger partial charge on any atom is -0.388 e. The Kier molecular flexibility index (Phi) is 3.04. The summed E-state index contributed by atoms with van der Waals surface area (Å²) in [5.74, 6) is 0. The van der Waals surface area contributed by atoms with E-state index < -0.39 is 32.2 Å². The highest BCUT2D eigenvalue weighted by Crippen LogP contribution is 2.33. The molecule has 1 aromatic carbocycles. The van der Waals surface area contributed by atoms with Crippen molar-refractivity contribution in [3.05, 3.63) is 37.9 Å². The van der Waals surface area contributed by atoms with Crippen molar-refractivity contribution in [2.75, 3.05) is 5.73 Å². The first kappa shape index (κ1) is 11.9. The molecule has 0 saturated carbocycles. The number of nitrogen functional groups attached to an aromatic ring is 1. The standard InChI is InChI=1S/C7H4ClN3O5/c8-7(12)3-1-4(10(13)14)6(9)5(2-3)11(15)16/h1-2H,9H2. The van der Waals surface area contributed by atoms with Gasteiger partial charge in [0.05, 0.1) is 9.85 Å². The van der Waals surface area contributed by atoms with Crippen LogP contribution in [0.3, 0.4) is 0 Å². The summed E-state index contributed by atoms with van der Waals surface area (Å²) in [5, 5.41) is 20.0. The fourth-order valence-corrected chi connectivity index (χ4v) is 1.15. The fraction of sp³-hybridized carbons (Fsp3) is 0. The van der Waals surface area contributed by atoms with Gasteiger partial charge in [-0.3, -0.25) is 25.0 Å². The van der Waals surface area contributed by atoms with Crippen molar-refractivity contribution in [1.82, 2.24) is 0 Å². The van der Waals surface area contributed by atoms with E-state index in [2.05, 4.69) is 0 Å². The van der Waals surface area contributed by atoms with Crippen LogP contribution in [0.15, 0.2) is 12.1 Å². The van der Waals surface area contributed by atoms with E-state index in [9.17, 15) is 25.0 Å².